The van der Waals surface area contributed by atoms with E-state index in [0.29, 0.717) is 6.54 Å². The second-order valence-corrected chi connectivity index (χ2v) is 5.55. The Morgan fingerprint density at radius 2 is 1.67 bits per heavy atom. The van der Waals surface area contributed by atoms with Crippen LogP contribution in [0.5, 0.6) is 0 Å². The molecule has 112 valence electrons. The van der Waals surface area contributed by atoms with E-state index in [4.69, 9.17) is 0 Å². The van der Waals surface area contributed by atoms with Crippen LogP contribution < -0.4 is 10.2 Å². The summed E-state index contributed by atoms with van der Waals surface area (Å²) in [5.74, 6) is 0. The summed E-state index contributed by atoms with van der Waals surface area (Å²) in [6.07, 6.45) is 0. The Morgan fingerprint density at radius 1 is 1.05 bits per heavy atom. The lowest BCUT2D eigenvalue weighted by Gasteiger charge is -2.37. The monoisotopic (exact) mass is 284 g/mol. The summed E-state index contributed by atoms with van der Waals surface area (Å²) < 4.78 is 0. The second-order valence-electron chi connectivity index (χ2n) is 5.55. The molecule has 0 bridgehead atoms. The third kappa shape index (κ3) is 3.43. The van der Waals surface area contributed by atoms with Crippen molar-refractivity contribution in [3.05, 3.63) is 65.7 Å². The topological polar surface area (TPSA) is 35.5 Å². The normalized spacial score (nSPS) is 13.7. The fourth-order valence-electron chi connectivity index (χ4n) is 2.59. The molecule has 0 saturated heterocycles. The highest BCUT2D eigenvalue weighted by Gasteiger charge is 2.31. The van der Waals surface area contributed by atoms with E-state index in [1.165, 1.54) is 5.56 Å². The van der Waals surface area contributed by atoms with Gasteiger partial charge in [0.2, 0.25) is 0 Å². The van der Waals surface area contributed by atoms with Crippen LogP contribution in [0.25, 0.3) is 0 Å². The van der Waals surface area contributed by atoms with E-state index in [2.05, 4.69) is 60.6 Å². The number of anilines is 1. The fourth-order valence-corrected chi connectivity index (χ4v) is 2.59. The Bertz CT molecular complexity index is 547. The molecule has 3 nitrogen and oxygen atoms in total. The molecule has 1 unspecified atom stereocenters. The molecule has 0 aromatic heterocycles. The Kier molecular flexibility index (Phi) is 4.99. The molecule has 0 spiro atoms. The first-order chi connectivity index (χ1) is 10.1. The van der Waals surface area contributed by atoms with Crippen molar-refractivity contribution < 1.29 is 5.11 Å². The Balaban J connectivity index is 2.25. The van der Waals surface area contributed by atoms with Crippen LogP contribution in [0, 0.1) is 6.92 Å². The Labute approximate surface area is 127 Å². The number of aryl methyl sites for hydroxylation is 1. The molecule has 0 aliphatic heterocycles. The lowest BCUT2D eigenvalue weighted by atomic mass is 9.90. The summed E-state index contributed by atoms with van der Waals surface area (Å²) in [5, 5.41) is 13.3. The maximum Gasteiger partial charge on any atom is 0.0843 e. The number of rotatable bonds is 6. The van der Waals surface area contributed by atoms with Gasteiger partial charge >= 0.3 is 0 Å². The first-order valence-corrected chi connectivity index (χ1v) is 7.24. The van der Waals surface area contributed by atoms with Crippen molar-refractivity contribution in [3.8, 4) is 0 Å². The molecule has 0 saturated carbocycles. The molecule has 1 atom stereocenters. The van der Waals surface area contributed by atoms with Gasteiger partial charge in [-0.3, -0.25) is 0 Å². The Morgan fingerprint density at radius 3 is 2.19 bits per heavy atom. The highest BCUT2D eigenvalue weighted by atomic mass is 16.3. The molecular formula is C18H24N2O. The van der Waals surface area contributed by atoms with Crippen LogP contribution in [0.4, 0.5) is 5.69 Å². The molecule has 0 amide bonds. The fraction of sp³-hybridized carbons (Fsp3) is 0.333. The smallest absolute Gasteiger partial charge is 0.0843 e. The summed E-state index contributed by atoms with van der Waals surface area (Å²) in [7, 11) is 3.95. The van der Waals surface area contributed by atoms with Gasteiger partial charge in [0, 0.05) is 19.3 Å². The standard InChI is InChI=1S/C18H24N2O/c1-15-9-11-17(12-10-15)20(3)13-18(14-21,19-2)16-7-5-4-6-8-16/h4-12,19,21H,13-14H2,1-3H3. The van der Waals surface area contributed by atoms with E-state index in [9.17, 15) is 5.11 Å². The minimum atomic E-state index is -0.471. The van der Waals surface area contributed by atoms with Crippen molar-refractivity contribution in [2.24, 2.45) is 0 Å². The zero-order chi connectivity index (χ0) is 15.3. The van der Waals surface area contributed by atoms with Crippen LogP contribution in [0.15, 0.2) is 54.6 Å². The Hall–Kier alpha value is -1.84. The average molecular weight is 284 g/mol. The van der Waals surface area contributed by atoms with Crippen LogP contribution >= 0.6 is 0 Å². The summed E-state index contributed by atoms with van der Waals surface area (Å²) in [6.45, 7) is 2.82. The van der Waals surface area contributed by atoms with E-state index in [1.54, 1.807) is 0 Å². The van der Waals surface area contributed by atoms with Gasteiger partial charge in [-0.05, 0) is 31.7 Å². The predicted molar refractivity (Wildman–Crippen MR) is 88.7 cm³/mol. The maximum absolute atomic E-state index is 9.98. The van der Waals surface area contributed by atoms with E-state index in [1.807, 2.05) is 25.2 Å². The lowest BCUT2D eigenvalue weighted by Crippen LogP contribution is -2.51. The molecule has 2 rings (SSSR count). The minimum Gasteiger partial charge on any atom is -0.394 e. The molecule has 0 fully saturated rings. The number of nitrogens with one attached hydrogen (secondary N) is 1. The molecule has 0 aliphatic rings. The zero-order valence-electron chi connectivity index (χ0n) is 13.0. The summed E-state index contributed by atoms with van der Waals surface area (Å²) in [4.78, 5) is 2.17. The largest absolute Gasteiger partial charge is 0.394 e. The number of hydrogen-bond donors (Lipinski definition) is 2. The summed E-state index contributed by atoms with van der Waals surface area (Å²) in [5.41, 5.74) is 3.01. The SMILES string of the molecule is CNC(CO)(CN(C)c1ccc(C)cc1)c1ccccc1. The molecule has 0 heterocycles. The van der Waals surface area contributed by atoms with Gasteiger partial charge < -0.3 is 15.3 Å². The minimum absolute atomic E-state index is 0.0454. The number of hydrogen-bond acceptors (Lipinski definition) is 3. The van der Waals surface area contributed by atoms with Gasteiger partial charge in [0.05, 0.1) is 12.1 Å². The molecule has 0 radical (unpaired) electrons. The molecule has 0 aliphatic carbocycles. The van der Waals surface area contributed by atoms with Crippen molar-refractivity contribution >= 4 is 5.69 Å². The highest BCUT2D eigenvalue weighted by Crippen LogP contribution is 2.24. The van der Waals surface area contributed by atoms with E-state index in [-0.39, 0.29) is 6.61 Å². The zero-order valence-corrected chi connectivity index (χ0v) is 13.0. The van der Waals surface area contributed by atoms with Gasteiger partial charge in [-0.2, -0.15) is 0 Å². The number of benzene rings is 2. The average Bonchev–Trinajstić information content (AvgIpc) is 2.54. The third-order valence-corrected chi connectivity index (χ3v) is 4.06. The van der Waals surface area contributed by atoms with Gasteiger partial charge in [0.1, 0.15) is 0 Å². The van der Waals surface area contributed by atoms with Gasteiger partial charge in [-0.25, -0.2) is 0 Å². The van der Waals surface area contributed by atoms with Crippen LogP contribution in [-0.4, -0.2) is 32.4 Å². The molecule has 2 N–H and O–H groups in total. The van der Waals surface area contributed by atoms with Crippen LogP contribution in [0.3, 0.4) is 0 Å². The van der Waals surface area contributed by atoms with Gasteiger partial charge in [0.25, 0.3) is 0 Å². The van der Waals surface area contributed by atoms with Gasteiger partial charge in [-0.1, -0.05) is 48.0 Å². The first kappa shape index (κ1) is 15.5. The second kappa shape index (κ2) is 6.74. The summed E-state index contributed by atoms with van der Waals surface area (Å²) in [6, 6.07) is 18.5. The van der Waals surface area contributed by atoms with Crippen molar-refractivity contribution in [2.75, 3.05) is 32.1 Å². The molecule has 21 heavy (non-hydrogen) atoms. The van der Waals surface area contributed by atoms with E-state index in [0.717, 1.165) is 11.3 Å². The molecule has 3 heteroatoms. The highest BCUT2D eigenvalue weighted by molar-refractivity contribution is 5.47. The molecule has 2 aromatic rings. The van der Waals surface area contributed by atoms with Crippen molar-refractivity contribution in [2.45, 2.75) is 12.5 Å². The number of likely N-dealkylation sites (N-methyl/N-ethyl adjacent to an activating group) is 2. The van der Waals surface area contributed by atoms with Crippen molar-refractivity contribution in [1.82, 2.24) is 5.32 Å². The third-order valence-electron chi connectivity index (χ3n) is 4.06. The first-order valence-electron chi connectivity index (χ1n) is 7.24. The van der Waals surface area contributed by atoms with Crippen LogP contribution in [0.2, 0.25) is 0 Å². The number of nitrogens with zero attached hydrogens (tertiary/aromatic N) is 1. The molecule has 2 aromatic carbocycles. The predicted octanol–water partition coefficient (Wildman–Crippen LogP) is 2.54. The van der Waals surface area contributed by atoms with E-state index >= 15 is 0 Å². The number of aliphatic hydroxyl groups excluding tert-OH is 1. The quantitative estimate of drug-likeness (QED) is 0.855. The van der Waals surface area contributed by atoms with E-state index < -0.39 is 5.54 Å². The lowest BCUT2D eigenvalue weighted by molar-refractivity contribution is 0.173. The van der Waals surface area contributed by atoms with Gasteiger partial charge in [-0.15, -0.1) is 0 Å². The van der Waals surface area contributed by atoms with Crippen LogP contribution in [0.1, 0.15) is 11.1 Å². The van der Waals surface area contributed by atoms with Crippen molar-refractivity contribution in [1.29, 1.82) is 0 Å². The van der Waals surface area contributed by atoms with Crippen LogP contribution in [-0.2, 0) is 5.54 Å². The van der Waals surface area contributed by atoms with Gasteiger partial charge in [0.15, 0.2) is 0 Å². The summed E-state index contributed by atoms with van der Waals surface area (Å²) >= 11 is 0. The molecular weight excluding hydrogens is 260 g/mol. The maximum atomic E-state index is 9.98. The number of aliphatic hydroxyl groups is 1. The van der Waals surface area contributed by atoms with Crippen molar-refractivity contribution in [3.63, 3.8) is 0 Å².